The SMILES string of the molecule is FC(F)(F)Oc1cc2nc(Nc3nnco3)oc2cc1Cl. The fraction of sp³-hybridized carbons (Fsp3) is 0.100. The third kappa shape index (κ3) is 2.99. The lowest BCUT2D eigenvalue weighted by molar-refractivity contribution is -0.274. The van der Waals surface area contributed by atoms with Gasteiger partial charge in [-0.3, -0.25) is 5.32 Å². The lowest BCUT2D eigenvalue weighted by Crippen LogP contribution is -2.17. The van der Waals surface area contributed by atoms with Crippen LogP contribution in [0.1, 0.15) is 0 Å². The summed E-state index contributed by atoms with van der Waals surface area (Å²) in [6.45, 7) is 0. The third-order valence-corrected chi connectivity index (χ3v) is 2.54. The molecule has 0 aliphatic heterocycles. The fourth-order valence-corrected chi connectivity index (χ4v) is 1.70. The van der Waals surface area contributed by atoms with Crippen molar-refractivity contribution < 1.29 is 26.7 Å². The minimum atomic E-state index is -4.86. The highest BCUT2D eigenvalue weighted by Gasteiger charge is 2.32. The van der Waals surface area contributed by atoms with E-state index in [1.807, 2.05) is 0 Å². The van der Waals surface area contributed by atoms with Gasteiger partial charge < -0.3 is 13.6 Å². The van der Waals surface area contributed by atoms with Gasteiger partial charge in [0.15, 0.2) is 11.3 Å². The first-order valence-electron chi connectivity index (χ1n) is 5.30. The molecule has 0 unspecified atom stereocenters. The quantitative estimate of drug-likeness (QED) is 0.790. The number of rotatable bonds is 3. The second-order valence-corrected chi connectivity index (χ2v) is 4.09. The number of fused-ring (bicyclic) bond motifs is 1. The average Bonchev–Trinajstić information content (AvgIpc) is 2.97. The summed E-state index contributed by atoms with van der Waals surface area (Å²) in [5, 5.41) is 9.24. The third-order valence-electron chi connectivity index (χ3n) is 2.24. The molecular formula is C10H4ClF3N4O3. The molecule has 3 aromatic rings. The minimum absolute atomic E-state index is 0.0134. The lowest BCUT2D eigenvalue weighted by atomic mass is 10.3. The highest BCUT2D eigenvalue weighted by molar-refractivity contribution is 6.32. The van der Waals surface area contributed by atoms with E-state index in [9.17, 15) is 13.2 Å². The normalized spacial score (nSPS) is 11.8. The Morgan fingerprint density at radius 2 is 2.05 bits per heavy atom. The molecule has 0 spiro atoms. The van der Waals surface area contributed by atoms with Crippen molar-refractivity contribution in [2.24, 2.45) is 0 Å². The molecule has 0 atom stereocenters. The van der Waals surface area contributed by atoms with E-state index < -0.39 is 12.1 Å². The molecule has 11 heteroatoms. The summed E-state index contributed by atoms with van der Waals surface area (Å²) in [6, 6.07) is 2.13. The Balaban J connectivity index is 1.94. The van der Waals surface area contributed by atoms with Crippen LogP contribution < -0.4 is 10.1 Å². The monoisotopic (exact) mass is 320 g/mol. The first-order chi connectivity index (χ1) is 9.90. The van der Waals surface area contributed by atoms with Crippen LogP contribution in [0, 0.1) is 0 Å². The maximum atomic E-state index is 12.2. The van der Waals surface area contributed by atoms with Crippen LogP contribution in [0.2, 0.25) is 5.02 Å². The van der Waals surface area contributed by atoms with Crippen molar-refractivity contribution in [1.29, 1.82) is 0 Å². The number of aromatic nitrogens is 3. The van der Waals surface area contributed by atoms with Crippen molar-refractivity contribution in [3.63, 3.8) is 0 Å². The topological polar surface area (TPSA) is 86.2 Å². The Morgan fingerprint density at radius 3 is 2.71 bits per heavy atom. The Hall–Kier alpha value is -2.49. The van der Waals surface area contributed by atoms with Crippen molar-refractivity contribution >= 4 is 34.7 Å². The van der Waals surface area contributed by atoms with Crippen molar-refractivity contribution in [3.05, 3.63) is 23.5 Å². The highest BCUT2D eigenvalue weighted by Crippen LogP contribution is 2.34. The van der Waals surface area contributed by atoms with Crippen LogP contribution in [0.3, 0.4) is 0 Å². The summed E-state index contributed by atoms with van der Waals surface area (Å²) < 4.78 is 50.5. The number of alkyl halides is 3. The van der Waals surface area contributed by atoms with Crippen molar-refractivity contribution in [2.45, 2.75) is 6.36 Å². The van der Waals surface area contributed by atoms with Gasteiger partial charge in [-0.15, -0.1) is 18.3 Å². The van der Waals surface area contributed by atoms with Gasteiger partial charge in [-0.25, -0.2) is 0 Å². The molecule has 0 amide bonds. The predicted octanol–water partition coefficient (Wildman–Crippen LogP) is 3.51. The van der Waals surface area contributed by atoms with Crippen LogP contribution >= 0.6 is 11.6 Å². The number of hydrogen-bond acceptors (Lipinski definition) is 7. The molecule has 21 heavy (non-hydrogen) atoms. The van der Waals surface area contributed by atoms with Gasteiger partial charge in [0.2, 0.25) is 6.39 Å². The molecule has 110 valence electrons. The summed E-state index contributed by atoms with van der Waals surface area (Å²) in [6.07, 6.45) is -3.77. The smallest absolute Gasteiger partial charge is 0.423 e. The Kier molecular flexibility index (Phi) is 3.09. The number of anilines is 2. The van der Waals surface area contributed by atoms with Crippen LogP contribution in [-0.2, 0) is 0 Å². The van der Waals surface area contributed by atoms with Crippen LogP contribution in [0.4, 0.5) is 25.2 Å². The largest absolute Gasteiger partial charge is 0.573 e. The van der Waals surface area contributed by atoms with Crippen LogP contribution in [0.5, 0.6) is 5.75 Å². The summed E-state index contributed by atoms with van der Waals surface area (Å²) in [7, 11) is 0. The van der Waals surface area contributed by atoms with E-state index in [4.69, 9.17) is 20.4 Å². The number of oxazole rings is 1. The number of nitrogens with one attached hydrogen (secondary N) is 1. The van der Waals surface area contributed by atoms with Gasteiger partial charge in [0, 0.05) is 12.1 Å². The van der Waals surface area contributed by atoms with E-state index >= 15 is 0 Å². The minimum Gasteiger partial charge on any atom is -0.423 e. The Morgan fingerprint density at radius 1 is 1.24 bits per heavy atom. The summed E-state index contributed by atoms with van der Waals surface area (Å²) >= 11 is 5.69. The maximum absolute atomic E-state index is 12.2. The predicted molar refractivity (Wildman–Crippen MR) is 63.3 cm³/mol. The lowest BCUT2D eigenvalue weighted by Gasteiger charge is -2.09. The Labute approximate surface area is 118 Å². The first kappa shape index (κ1) is 13.5. The number of ether oxygens (including phenoxy) is 1. The number of hydrogen-bond donors (Lipinski definition) is 1. The van der Waals surface area contributed by atoms with Crippen LogP contribution in [0.25, 0.3) is 11.1 Å². The fourth-order valence-electron chi connectivity index (χ4n) is 1.51. The molecule has 2 aromatic heterocycles. The molecule has 0 saturated carbocycles. The zero-order chi connectivity index (χ0) is 15.0. The van der Waals surface area contributed by atoms with Gasteiger partial charge in [0.05, 0.1) is 5.02 Å². The van der Waals surface area contributed by atoms with Crippen molar-refractivity contribution in [3.8, 4) is 5.75 Å². The molecule has 1 N–H and O–H groups in total. The molecular weight excluding hydrogens is 317 g/mol. The zero-order valence-electron chi connectivity index (χ0n) is 9.81. The summed E-state index contributed by atoms with van der Waals surface area (Å²) in [4.78, 5) is 3.91. The van der Waals surface area contributed by atoms with Gasteiger partial charge in [-0.05, 0) is 0 Å². The van der Waals surface area contributed by atoms with Gasteiger partial charge in [0.25, 0.3) is 0 Å². The average molecular weight is 321 g/mol. The number of halogens is 4. The first-order valence-corrected chi connectivity index (χ1v) is 5.67. The summed E-state index contributed by atoms with van der Waals surface area (Å²) in [5.41, 5.74) is 0.275. The standard InChI is InChI=1S/C10H4ClF3N4O3/c11-4-1-7-5(2-6(4)21-10(12,13)14)16-8(20-7)17-9-18-15-3-19-9/h1-3H,(H,16,17,18). The number of benzene rings is 1. The van der Waals surface area contributed by atoms with Crippen molar-refractivity contribution in [2.75, 3.05) is 5.32 Å². The molecule has 2 heterocycles. The van der Waals surface area contributed by atoms with E-state index in [1.54, 1.807) is 0 Å². The van der Waals surface area contributed by atoms with E-state index in [-0.39, 0.29) is 28.2 Å². The molecule has 0 bridgehead atoms. The van der Waals surface area contributed by atoms with Gasteiger partial charge in [-0.2, -0.15) is 4.98 Å². The Bertz CT molecular complexity index is 772. The maximum Gasteiger partial charge on any atom is 0.573 e. The van der Waals surface area contributed by atoms with Crippen LogP contribution in [-0.4, -0.2) is 21.5 Å². The van der Waals surface area contributed by atoms with Crippen molar-refractivity contribution in [1.82, 2.24) is 15.2 Å². The van der Waals surface area contributed by atoms with Gasteiger partial charge in [0.1, 0.15) is 5.52 Å². The number of nitrogens with zero attached hydrogens (tertiary/aromatic N) is 3. The van der Waals surface area contributed by atoms with E-state index in [0.29, 0.717) is 0 Å². The molecule has 0 saturated heterocycles. The summed E-state index contributed by atoms with van der Waals surface area (Å²) in [5.74, 6) is -0.575. The van der Waals surface area contributed by atoms with Gasteiger partial charge >= 0.3 is 18.4 Å². The van der Waals surface area contributed by atoms with E-state index in [1.165, 1.54) is 0 Å². The molecule has 3 rings (SSSR count). The molecule has 0 fully saturated rings. The zero-order valence-corrected chi connectivity index (χ0v) is 10.6. The van der Waals surface area contributed by atoms with E-state index in [2.05, 4.69) is 25.2 Å². The molecule has 7 nitrogen and oxygen atoms in total. The molecule has 1 aromatic carbocycles. The molecule has 0 aliphatic rings. The highest BCUT2D eigenvalue weighted by atomic mass is 35.5. The van der Waals surface area contributed by atoms with Crippen LogP contribution in [0.15, 0.2) is 27.4 Å². The van der Waals surface area contributed by atoms with E-state index in [0.717, 1.165) is 18.5 Å². The second-order valence-electron chi connectivity index (χ2n) is 3.69. The second kappa shape index (κ2) is 4.81. The molecule has 0 radical (unpaired) electrons. The van der Waals surface area contributed by atoms with Gasteiger partial charge in [-0.1, -0.05) is 16.7 Å². The molecule has 0 aliphatic carbocycles.